The van der Waals surface area contributed by atoms with Gasteiger partial charge in [-0.1, -0.05) is 0 Å². The fourth-order valence-corrected chi connectivity index (χ4v) is 1.39. The highest BCUT2D eigenvalue weighted by atomic mass is 16.6. The summed E-state index contributed by atoms with van der Waals surface area (Å²) < 4.78 is 5.12. The number of nitrogens with one attached hydrogen (secondary N) is 1. The molecule has 86 valence electrons. The van der Waals surface area contributed by atoms with Gasteiger partial charge >= 0.3 is 6.09 Å². The molecule has 1 N–H and O–H groups in total. The molecule has 0 saturated carbocycles. The van der Waals surface area contributed by atoms with Crippen LogP contribution in [0.5, 0.6) is 0 Å². The summed E-state index contributed by atoms with van der Waals surface area (Å²) in [4.78, 5) is 24.1. The molecule has 0 aromatic heterocycles. The Hall–Kier alpha value is -1.26. The van der Waals surface area contributed by atoms with Crippen molar-refractivity contribution < 1.29 is 14.3 Å². The summed E-state index contributed by atoms with van der Waals surface area (Å²) in [6, 6.07) is 0. The molecular formula is C10H18N2O3. The Bertz CT molecular complexity index is 270. The zero-order valence-electron chi connectivity index (χ0n) is 9.66. The van der Waals surface area contributed by atoms with Gasteiger partial charge in [0, 0.05) is 12.6 Å². The molecule has 1 saturated heterocycles. The van der Waals surface area contributed by atoms with Crippen LogP contribution in [-0.2, 0) is 9.53 Å². The summed E-state index contributed by atoms with van der Waals surface area (Å²) in [6.07, 6.45) is -0.492. The molecule has 2 amide bonds. The smallest absolute Gasteiger partial charge is 0.407 e. The second-order valence-corrected chi connectivity index (χ2v) is 4.88. The fraction of sp³-hybridized carbons (Fsp3) is 0.800. The van der Waals surface area contributed by atoms with Gasteiger partial charge in [0.1, 0.15) is 6.10 Å². The average Bonchev–Trinajstić information content (AvgIpc) is 2.26. The molecule has 1 fully saturated rings. The lowest BCUT2D eigenvalue weighted by molar-refractivity contribution is -0.126. The molecule has 0 radical (unpaired) electrons. The third-order valence-electron chi connectivity index (χ3n) is 2.06. The summed E-state index contributed by atoms with van der Waals surface area (Å²) in [6.45, 7) is 6.11. The van der Waals surface area contributed by atoms with E-state index in [0.717, 1.165) is 0 Å². The molecule has 0 aliphatic carbocycles. The number of carbonyl (C=O) groups excluding carboxylic acids is 2. The maximum atomic E-state index is 11.4. The zero-order valence-corrected chi connectivity index (χ0v) is 9.66. The lowest BCUT2D eigenvalue weighted by Crippen LogP contribution is -2.42. The van der Waals surface area contributed by atoms with E-state index < -0.39 is 6.09 Å². The minimum absolute atomic E-state index is 0.0172. The van der Waals surface area contributed by atoms with Gasteiger partial charge in [0.2, 0.25) is 5.91 Å². The zero-order chi connectivity index (χ0) is 11.6. The van der Waals surface area contributed by atoms with Crippen molar-refractivity contribution >= 4 is 12.0 Å². The summed E-state index contributed by atoms with van der Waals surface area (Å²) in [5.41, 5.74) is -0.314. The van der Waals surface area contributed by atoms with Crippen LogP contribution < -0.4 is 5.32 Å². The molecule has 1 aliphatic rings. The van der Waals surface area contributed by atoms with E-state index in [4.69, 9.17) is 4.74 Å². The van der Waals surface area contributed by atoms with E-state index in [-0.39, 0.29) is 24.0 Å². The Morgan fingerprint density at radius 2 is 2.13 bits per heavy atom. The van der Waals surface area contributed by atoms with Gasteiger partial charge < -0.3 is 15.0 Å². The number of likely N-dealkylation sites (N-methyl/N-ethyl adjacent to an activating group) is 1. The van der Waals surface area contributed by atoms with Gasteiger partial charge in [-0.15, -0.1) is 0 Å². The van der Waals surface area contributed by atoms with E-state index in [2.05, 4.69) is 5.32 Å². The number of ether oxygens (including phenoxy) is 1. The standard InChI is InChI=1S/C10H18N2O3/c1-10(2,3)11-9(14)15-7-5-8(13)12(4)6-7/h7H,5-6H2,1-4H3,(H,11,14)/t7-/m0/s1. The number of amides is 2. The fourth-order valence-electron chi connectivity index (χ4n) is 1.39. The molecule has 0 aromatic carbocycles. The first-order chi connectivity index (χ1) is 6.78. The number of nitrogens with zero attached hydrogens (tertiary/aromatic N) is 1. The van der Waals surface area contributed by atoms with Crippen LogP contribution >= 0.6 is 0 Å². The monoisotopic (exact) mass is 214 g/mol. The van der Waals surface area contributed by atoms with Crippen LogP contribution in [0.4, 0.5) is 4.79 Å². The maximum absolute atomic E-state index is 11.4. The van der Waals surface area contributed by atoms with E-state index in [1.54, 1.807) is 11.9 Å². The Labute approximate surface area is 89.8 Å². The Balaban J connectivity index is 2.37. The van der Waals surface area contributed by atoms with Crippen molar-refractivity contribution in [2.45, 2.75) is 38.8 Å². The predicted molar refractivity (Wildman–Crippen MR) is 55.4 cm³/mol. The average molecular weight is 214 g/mol. The molecule has 0 unspecified atom stereocenters. The van der Waals surface area contributed by atoms with Gasteiger partial charge in [-0.05, 0) is 20.8 Å². The third-order valence-corrected chi connectivity index (χ3v) is 2.06. The second kappa shape index (κ2) is 4.08. The van der Waals surface area contributed by atoms with Crippen LogP contribution in [-0.4, -0.2) is 42.1 Å². The second-order valence-electron chi connectivity index (χ2n) is 4.88. The highest BCUT2D eigenvalue weighted by molar-refractivity contribution is 5.79. The van der Waals surface area contributed by atoms with Crippen molar-refractivity contribution in [1.82, 2.24) is 10.2 Å². The molecule has 1 atom stereocenters. The minimum atomic E-state index is -0.462. The number of carbonyl (C=O) groups is 2. The molecular weight excluding hydrogens is 196 g/mol. The third kappa shape index (κ3) is 3.77. The molecule has 5 heteroatoms. The maximum Gasteiger partial charge on any atom is 0.407 e. The molecule has 15 heavy (non-hydrogen) atoms. The Morgan fingerprint density at radius 3 is 2.53 bits per heavy atom. The molecule has 0 bridgehead atoms. The first kappa shape index (κ1) is 11.8. The highest BCUT2D eigenvalue weighted by Crippen LogP contribution is 2.12. The van der Waals surface area contributed by atoms with Crippen LogP contribution in [0.15, 0.2) is 0 Å². The molecule has 5 nitrogen and oxygen atoms in total. The van der Waals surface area contributed by atoms with E-state index in [9.17, 15) is 9.59 Å². The lowest BCUT2D eigenvalue weighted by Gasteiger charge is -2.21. The predicted octanol–water partition coefficient (Wildman–Crippen LogP) is 0.742. The van der Waals surface area contributed by atoms with Gasteiger partial charge in [0.05, 0.1) is 13.0 Å². The molecule has 1 aliphatic heterocycles. The quantitative estimate of drug-likeness (QED) is 0.700. The van der Waals surface area contributed by atoms with Crippen molar-refractivity contribution in [3.63, 3.8) is 0 Å². The number of hydrogen-bond donors (Lipinski definition) is 1. The van der Waals surface area contributed by atoms with Crippen molar-refractivity contribution in [3.8, 4) is 0 Å². The molecule has 1 heterocycles. The van der Waals surface area contributed by atoms with Crippen LogP contribution in [0, 0.1) is 0 Å². The van der Waals surface area contributed by atoms with E-state index in [1.165, 1.54) is 0 Å². The number of alkyl carbamates (subject to hydrolysis) is 1. The number of likely N-dealkylation sites (tertiary alicyclic amines) is 1. The van der Waals surface area contributed by atoms with Gasteiger partial charge in [0.25, 0.3) is 0 Å². The van der Waals surface area contributed by atoms with Crippen molar-refractivity contribution in [1.29, 1.82) is 0 Å². The minimum Gasteiger partial charge on any atom is -0.444 e. The van der Waals surface area contributed by atoms with Gasteiger partial charge in [-0.3, -0.25) is 4.79 Å². The summed E-state index contributed by atoms with van der Waals surface area (Å²) in [5.74, 6) is 0.0172. The summed E-state index contributed by atoms with van der Waals surface area (Å²) in [7, 11) is 1.70. The molecule has 0 aromatic rings. The molecule has 0 spiro atoms. The SMILES string of the molecule is CN1C[C@@H](OC(=O)NC(C)(C)C)CC1=O. The van der Waals surface area contributed by atoms with Gasteiger partial charge in [-0.25, -0.2) is 4.79 Å². The van der Waals surface area contributed by atoms with Gasteiger partial charge in [0.15, 0.2) is 0 Å². The largest absolute Gasteiger partial charge is 0.444 e. The van der Waals surface area contributed by atoms with Crippen LogP contribution in [0.3, 0.4) is 0 Å². The van der Waals surface area contributed by atoms with Crippen molar-refractivity contribution in [2.24, 2.45) is 0 Å². The summed E-state index contributed by atoms with van der Waals surface area (Å²) in [5, 5.41) is 2.68. The lowest BCUT2D eigenvalue weighted by atomic mass is 10.1. The Kier molecular flexibility index (Phi) is 3.21. The number of rotatable bonds is 1. The normalized spacial score (nSPS) is 21.7. The van der Waals surface area contributed by atoms with E-state index in [1.807, 2.05) is 20.8 Å². The topological polar surface area (TPSA) is 58.6 Å². The first-order valence-electron chi connectivity index (χ1n) is 5.01. The van der Waals surface area contributed by atoms with E-state index >= 15 is 0 Å². The molecule has 1 rings (SSSR count). The first-order valence-corrected chi connectivity index (χ1v) is 5.01. The number of hydrogen-bond acceptors (Lipinski definition) is 3. The summed E-state index contributed by atoms with van der Waals surface area (Å²) >= 11 is 0. The van der Waals surface area contributed by atoms with Crippen molar-refractivity contribution in [2.75, 3.05) is 13.6 Å². The highest BCUT2D eigenvalue weighted by Gasteiger charge is 2.30. The Morgan fingerprint density at radius 1 is 1.53 bits per heavy atom. The van der Waals surface area contributed by atoms with E-state index in [0.29, 0.717) is 6.54 Å². The van der Waals surface area contributed by atoms with Crippen molar-refractivity contribution in [3.05, 3.63) is 0 Å². The van der Waals surface area contributed by atoms with Gasteiger partial charge in [-0.2, -0.15) is 0 Å². The van der Waals surface area contributed by atoms with Crippen LogP contribution in [0.25, 0.3) is 0 Å². The van der Waals surface area contributed by atoms with Crippen LogP contribution in [0.2, 0.25) is 0 Å². The van der Waals surface area contributed by atoms with Crippen LogP contribution in [0.1, 0.15) is 27.2 Å².